The molecule has 0 amide bonds. The molecule has 0 aliphatic rings. The van der Waals surface area contributed by atoms with Gasteiger partial charge in [0, 0.05) is 25.7 Å². The number of halogens is 5. The van der Waals surface area contributed by atoms with Crippen molar-refractivity contribution in [2.24, 2.45) is 4.99 Å². The molecule has 0 spiro atoms. The van der Waals surface area contributed by atoms with E-state index < -0.39 is 35.8 Å². The quantitative estimate of drug-likeness (QED) is 0.274. The second-order valence-corrected chi connectivity index (χ2v) is 6.86. The summed E-state index contributed by atoms with van der Waals surface area (Å²) in [5.41, 5.74) is -0.281. The molecule has 0 bridgehead atoms. The molecular formula is C21H23F5N2O3. The Morgan fingerprint density at radius 1 is 1.10 bits per heavy atom. The number of aryl methyl sites for hydroxylation is 1. The summed E-state index contributed by atoms with van der Waals surface area (Å²) in [5, 5.41) is 10.5. The smallest absolute Gasteiger partial charge is 0.448 e. The van der Waals surface area contributed by atoms with Crippen LogP contribution >= 0.6 is 0 Å². The third-order valence-electron chi connectivity index (χ3n) is 4.53. The van der Waals surface area contributed by atoms with Gasteiger partial charge in [0.25, 0.3) is 5.79 Å². The summed E-state index contributed by atoms with van der Waals surface area (Å²) in [6, 6.07) is 4.49. The molecular weight excluding hydrogens is 423 g/mol. The molecule has 170 valence electrons. The number of hydrogen-bond donors (Lipinski definition) is 1. The molecule has 1 unspecified atom stereocenters. The van der Waals surface area contributed by atoms with E-state index in [-0.39, 0.29) is 11.3 Å². The number of benzene rings is 2. The van der Waals surface area contributed by atoms with Gasteiger partial charge in [0.1, 0.15) is 17.4 Å². The lowest BCUT2D eigenvalue weighted by atomic mass is 10.00. The van der Waals surface area contributed by atoms with E-state index in [9.17, 15) is 27.1 Å². The van der Waals surface area contributed by atoms with Crippen LogP contribution in [0.4, 0.5) is 27.6 Å². The third-order valence-corrected chi connectivity index (χ3v) is 4.53. The molecule has 1 atom stereocenters. The molecule has 2 aromatic rings. The van der Waals surface area contributed by atoms with Crippen molar-refractivity contribution in [3.05, 3.63) is 58.7 Å². The molecule has 0 aliphatic heterocycles. The summed E-state index contributed by atoms with van der Waals surface area (Å²) in [6.45, 7) is 3.17. The third kappa shape index (κ3) is 5.71. The maximum Gasteiger partial charge on any atom is 0.448 e. The SMILES string of the molecule is CCN(C)C=Nc1cc(OC)c(C(O)(OCc2cc(F)cc(F)c2)C(F)(F)F)cc1C. The molecule has 0 aromatic heterocycles. The standard InChI is InChI=1S/C21H23F5N2O3/c1-5-28(3)12-27-18-10-19(30-4)17(6-13(18)2)20(29,21(24,25)26)31-11-14-7-15(22)9-16(23)8-14/h6-10,12,29H,5,11H2,1-4H3. The number of nitrogens with zero attached hydrogens (tertiary/aromatic N) is 2. The second-order valence-electron chi connectivity index (χ2n) is 6.86. The summed E-state index contributed by atoms with van der Waals surface area (Å²) in [7, 11) is 2.91. The lowest BCUT2D eigenvalue weighted by Gasteiger charge is -2.32. The van der Waals surface area contributed by atoms with Crippen LogP contribution < -0.4 is 4.74 Å². The highest BCUT2D eigenvalue weighted by Crippen LogP contribution is 2.46. The lowest BCUT2D eigenvalue weighted by Crippen LogP contribution is -2.45. The second kappa shape index (κ2) is 9.61. The van der Waals surface area contributed by atoms with Crippen LogP contribution in [0.3, 0.4) is 0 Å². The van der Waals surface area contributed by atoms with E-state index >= 15 is 0 Å². The van der Waals surface area contributed by atoms with Gasteiger partial charge in [-0.05, 0) is 43.2 Å². The zero-order chi connectivity index (χ0) is 23.4. The molecule has 0 heterocycles. The fourth-order valence-electron chi connectivity index (χ4n) is 2.69. The summed E-state index contributed by atoms with van der Waals surface area (Å²) in [4.78, 5) is 5.97. The number of aliphatic hydroxyl groups is 1. The minimum absolute atomic E-state index is 0.223. The largest absolute Gasteiger partial charge is 0.496 e. The van der Waals surface area contributed by atoms with Crippen LogP contribution in [0, 0.1) is 18.6 Å². The van der Waals surface area contributed by atoms with Crippen LogP contribution in [0.1, 0.15) is 23.6 Å². The molecule has 0 saturated carbocycles. The molecule has 2 rings (SSSR count). The van der Waals surface area contributed by atoms with Crippen LogP contribution in [-0.2, 0) is 17.1 Å². The number of methoxy groups -OCH3 is 1. The fraction of sp³-hybridized carbons (Fsp3) is 0.381. The van der Waals surface area contributed by atoms with Crippen LogP contribution in [0.2, 0.25) is 0 Å². The Balaban J connectivity index is 2.49. The first-order valence-corrected chi connectivity index (χ1v) is 9.22. The first-order valence-electron chi connectivity index (χ1n) is 9.22. The van der Waals surface area contributed by atoms with Crippen molar-refractivity contribution in [1.29, 1.82) is 0 Å². The number of aliphatic imine (C=N–C) groups is 1. The van der Waals surface area contributed by atoms with Gasteiger partial charge in [-0.3, -0.25) is 0 Å². The number of ether oxygens (including phenoxy) is 2. The summed E-state index contributed by atoms with van der Waals surface area (Å²) in [5.74, 6) is -6.08. The van der Waals surface area contributed by atoms with Gasteiger partial charge in [0.2, 0.25) is 0 Å². The number of rotatable bonds is 8. The monoisotopic (exact) mass is 446 g/mol. The average Bonchev–Trinajstić information content (AvgIpc) is 2.69. The Kier molecular flexibility index (Phi) is 7.61. The Morgan fingerprint density at radius 3 is 2.23 bits per heavy atom. The number of alkyl halides is 3. The summed E-state index contributed by atoms with van der Waals surface area (Å²) < 4.78 is 78.2. The Bertz CT molecular complexity index is 929. The average molecular weight is 446 g/mol. The zero-order valence-electron chi connectivity index (χ0n) is 17.4. The normalized spacial score (nSPS) is 14.0. The van der Waals surface area contributed by atoms with Gasteiger partial charge in [0.05, 0.1) is 31.3 Å². The molecule has 2 aromatic carbocycles. The Labute approximate surface area is 176 Å². The fourth-order valence-corrected chi connectivity index (χ4v) is 2.69. The molecule has 0 radical (unpaired) electrons. The van der Waals surface area contributed by atoms with E-state index in [0.717, 1.165) is 25.3 Å². The van der Waals surface area contributed by atoms with Gasteiger partial charge in [-0.1, -0.05) is 0 Å². The lowest BCUT2D eigenvalue weighted by molar-refractivity contribution is -0.379. The van der Waals surface area contributed by atoms with Gasteiger partial charge < -0.3 is 19.5 Å². The van der Waals surface area contributed by atoms with Gasteiger partial charge in [-0.2, -0.15) is 13.2 Å². The van der Waals surface area contributed by atoms with Crippen LogP contribution in [0.5, 0.6) is 5.75 Å². The van der Waals surface area contributed by atoms with Gasteiger partial charge in [0.15, 0.2) is 0 Å². The summed E-state index contributed by atoms with van der Waals surface area (Å²) >= 11 is 0. The maximum atomic E-state index is 13.9. The van der Waals surface area contributed by atoms with E-state index in [1.165, 1.54) is 19.3 Å². The van der Waals surface area contributed by atoms with E-state index in [1.807, 2.05) is 6.92 Å². The highest BCUT2D eigenvalue weighted by Gasteiger charge is 2.58. The Morgan fingerprint density at radius 2 is 1.71 bits per heavy atom. The van der Waals surface area contributed by atoms with E-state index in [4.69, 9.17) is 9.47 Å². The van der Waals surface area contributed by atoms with Crippen molar-refractivity contribution >= 4 is 12.0 Å². The minimum Gasteiger partial charge on any atom is -0.496 e. The van der Waals surface area contributed by atoms with Crippen molar-refractivity contribution < 1.29 is 36.5 Å². The van der Waals surface area contributed by atoms with Crippen LogP contribution in [-0.4, -0.2) is 43.2 Å². The van der Waals surface area contributed by atoms with E-state index in [2.05, 4.69) is 4.99 Å². The van der Waals surface area contributed by atoms with E-state index in [0.29, 0.717) is 23.9 Å². The van der Waals surface area contributed by atoms with E-state index in [1.54, 1.807) is 11.9 Å². The van der Waals surface area contributed by atoms with Crippen molar-refractivity contribution in [3.63, 3.8) is 0 Å². The highest BCUT2D eigenvalue weighted by molar-refractivity contribution is 5.65. The topological polar surface area (TPSA) is 54.3 Å². The Hall–Kier alpha value is -2.72. The van der Waals surface area contributed by atoms with Crippen molar-refractivity contribution in [2.45, 2.75) is 32.4 Å². The minimum atomic E-state index is -5.29. The molecule has 0 fully saturated rings. The van der Waals surface area contributed by atoms with Crippen molar-refractivity contribution in [2.75, 3.05) is 20.7 Å². The molecule has 10 heteroatoms. The van der Waals surface area contributed by atoms with Gasteiger partial charge >= 0.3 is 6.18 Å². The maximum absolute atomic E-state index is 13.9. The first-order chi connectivity index (χ1) is 14.4. The molecule has 31 heavy (non-hydrogen) atoms. The highest BCUT2D eigenvalue weighted by atomic mass is 19.4. The first kappa shape index (κ1) is 24.5. The molecule has 0 saturated heterocycles. The molecule has 1 N–H and O–H groups in total. The van der Waals surface area contributed by atoms with Crippen molar-refractivity contribution in [1.82, 2.24) is 4.90 Å². The van der Waals surface area contributed by atoms with Gasteiger partial charge in [-0.25, -0.2) is 13.8 Å². The van der Waals surface area contributed by atoms with Crippen LogP contribution in [0.25, 0.3) is 0 Å². The van der Waals surface area contributed by atoms with Crippen LogP contribution in [0.15, 0.2) is 35.3 Å². The molecule has 5 nitrogen and oxygen atoms in total. The molecule has 0 aliphatic carbocycles. The van der Waals surface area contributed by atoms with Gasteiger partial charge in [-0.15, -0.1) is 0 Å². The summed E-state index contributed by atoms with van der Waals surface area (Å²) in [6.07, 6.45) is -3.78. The number of hydrogen-bond acceptors (Lipinski definition) is 4. The predicted octanol–water partition coefficient (Wildman–Crippen LogP) is 4.82. The van der Waals surface area contributed by atoms with Crippen molar-refractivity contribution in [3.8, 4) is 5.75 Å². The zero-order valence-corrected chi connectivity index (χ0v) is 17.4. The predicted molar refractivity (Wildman–Crippen MR) is 105 cm³/mol.